The molecular weight excluding hydrogens is 637 g/mol. The zero-order chi connectivity index (χ0) is 34.2. The molecule has 5 heteroatoms. The topological polar surface area (TPSA) is 56.7 Å². The molecule has 8 aromatic carbocycles. The minimum atomic E-state index is 0.598. The molecule has 3 aromatic heterocycles. The van der Waals surface area contributed by atoms with Crippen molar-refractivity contribution in [2.75, 3.05) is 0 Å². The third kappa shape index (κ3) is 4.39. The van der Waals surface area contributed by atoms with Gasteiger partial charge >= 0.3 is 0 Å². The Balaban J connectivity index is 1.20. The Morgan fingerprint density at radius 2 is 1.06 bits per heavy atom. The van der Waals surface area contributed by atoms with E-state index in [-0.39, 0.29) is 0 Å². The predicted molar refractivity (Wildman–Crippen MR) is 213 cm³/mol. The highest BCUT2D eigenvalue weighted by Crippen LogP contribution is 2.41. The Hall–Kier alpha value is -7.11. The highest BCUT2D eigenvalue weighted by Gasteiger charge is 2.20. The molecule has 0 radical (unpaired) electrons. The van der Waals surface area contributed by atoms with Gasteiger partial charge in [-0.1, -0.05) is 133 Å². The average Bonchev–Trinajstić information content (AvgIpc) is 3.75. The SMILES string of the molecule is c1ccc(-c2nc(-c3ccccc3)nc(-c3cccc4oc5ccc(-n6c7cc8ccccc8cc7c7ccc8ccccc8c76)cc5c34)n2)cc1. The van der Waals surface area contributed by atoms with Crippen LogP contribution in [0.25, 0.3) is 105 Å². The third-order valence-electron chi connectivity index (χ3n) is 10.2. The standard InChI is InChI=1S/C47H28N4O/c1-3-13-30(14-4-1)45-48-46(31-15-5-2-6-16-31)50-47(49-45)37-20-11-21-42-43(37)39-28-34(23-25-41(39)52-42)51-40-27-33-18-8-7-17-32(33)26-38(40)36-24-22-29-12-9-10-19-35(29)44(36)51/h1-28H. The molecule has 0 aliphatic heterocycles. The van der Waals surface area contributed by atoms with Crippen LogP contribution in [0.4, 0.5) is 0 Å². The summed E-state index contributed by atoms with van der Waals surface area (Å²) in [5, 5.41) is 9.28. The summed E-state index contributed by atoms with van der Waals surface area (Å²) in [6.45, 7) is 0. The van der Waals surface area contributed by atoms with Crippen LogP contribution in [0.1, 0.15) is 0 Å². The van der Waals surface area contributed by atoms with E-state index in [4.69, 9.17) is 19.4 Å². The number of aromatic nitrogens is 4. The monoisotopic (exact) mass is 664 g/mol. The maximum Gasteiger partial charge on any atom is 0.164 e. The van der Waals surface area contributed by atoms with Crippen LogP contribution in [0.2, 0.25) is 0 Å². The molecular formula is C47H28N4O. The molecule has 0 atom stereocenters. The van der Waals surface area contributed by atoms with Gasteiger partial charge in [-0.2, -0.15) is 0 Å². The summed E-state index contributed by atoms with van der Waals surface area (Å²) in [4.78, 5) is 15.1. The van der Waals surface area contributed by atoms with Crippen molar-refractivity contribution in [3.63, 3.8) is 0 Å². The second-order valence-electron chi connectivity index (χ2n) is 13.2. The van der Waals surface area contributed by atoms with Gasteiger partial charge in [0.2, 0.25) is 0 Å². The van der Waals surface area contributed by atoms with Gasteiger partial charge < -0.3 is 8.98 Å². The molecule has 0 N–H and O–H groups in total. The van der Waals surface area contributed by atoms with Crippen LogP contribution < -0.4 is 0 Å². The fraction of sp³-hybridized carbons (Fsp3) is 0. The molecule has 0 unspecified atom stereocenters. The van der Waals surface area contributed by atoms with E-state index in [9.17, 15) is 0 Å². The van der Waals surface area contributed by atoms with Crippen molar-refractivity contribution in [3.8, 4) is 39.9 Å². The van der Waals surface area contributed by atoms with Gasteiger partial charge in [0.25, 0.3) is 0 Å². The van der Waals surface area contributed by atoms with E-state index in [0.717, 1.165) is 49.8 Å². The zero-order valence-electron chi connectivity index (χ0n) is 27.9. The molecule has 242 valence electrons. The second-order valence-corrected chi connectivity index (χ2v) is 13.2. The van der Waals surface area contributed by atoms with E-state index in [1.165, 1.54) is 37.8 Å². The molecule has 11 aromatic rings. The van der Waals surface area contributed by atoms with Gasteiger partial charge in [0.15, 0.2) is 17.5 Å². The highest BCUT2D eigenvalue weighted by atomic mass is 16.3. The van der Waals surface area contributed by atoms with Gasteiger partial charge in [-0.25, -0.2) is 15.0 Å². The number of nitrogens with zero attached hydrogens (tertiary/aromatic N) is 4. The molecule has 0 saturated heterocycles. The Morgan fingerprint density at radius 3 is 1.81 bits per heavy atom. The van der Waals surface area contributed by atoms with Crippen molar-refractivity contribution in [3.05, 3.63) is 170 Å². The fourth-order valence-corrected chi connectivity index (χ4v) is 7.80. The molecule has 0 aliphatic rings. The van der Waals surface area contributed by atoms with Gasteiger partial charge in [0, 0.05) is 49.3 Å². The summed E-state index contributed by atoms with van der Waals surface area (Å²) in [6.07, 6.45) is 0. The number of hydrogen-bond acceptors (Lipinski definition) is 4. The van der Waals surface area contributed by atoms with Crippen molar-refractivity contribution >= 4 is 65.3 Å². The van der Waals surface area contributed by atoms with Crippen LogP contribution in [0, 0.1) is 0 Å². The zero-order valence-corrected chi connectivity index (χ0v) is 27.9. The van der Waals surface area contributed by atoms with Crippen LogP contribution >= 0.6 is 0 Å². The number of rotatable bonds is 4. The summed E-state index contributed by atoms with van der Waals surface area (Å²) in [5.74, 6) is 1.85. The van der Waals surface area contributed by atoms with Crippen LogP contribution in [0.3, 0.4) is 0 Å². The summed E-state index contributed by atoms with van der Waals surface area (Å²) in [5.41, 5.74) is 7.75. The lowest BCUT2D eigenvalue weighted by Crippen LogP contribution is -2.00. The molecule has 0 fully saturated rings. The summed E-state index contributed by atoms with van der Waals surface area (Å²) in [6, 6.07) is 59.2. The smallest absolute Gasteiger partial charge is 0.164 e. The molecule has 52 heavy (non-hydrogen) atoms. The predicted octanol–water partition coefficient (Wildman–Crippen LogP) is 12.2. The molecule has 0 aliphatic carbocycles. The maximum absolute atomic E-state index is 6.54. The number of hydrogen-bond donors (Lipinski definition) is 0. The Labute approximate surface area is 298 Å². The molecule has 5 nitrogen and oxygen atoms in total. The van der Waals surface area contributed by atoms with E-state index in [1.807, 2.05) is 72.8 Å². The van der Waals surface area contributed by atoms with E-state index in [1.54, 1.807) is 0 Å². The van der Waals surface area contributed by atoms with E-state index in [2.05, 4.69) is 102 Å². The Bertz CT molecular complexity index is 3120. The van der Waals surface area contributed by atoms with Crippen LogP contribution in [0.5, 0.6) is 0 Å². The maximum atomic E-state index is 6.54. The third-order valence-corrected chi connectivity index (χ3v) is 10.2. The van der Waals surface area contributed by atoms with Crippen molar-refractivity contribution in [1.29, 1.82) is 0 Å². The van der Waals surface area contributed by atoms with Gasteiger partial charge in [-0.3, -0.25) is 0 Å². The molecule has 0 spiro atoms. The number of furan rings is 1. The lowest BCUT2D eigenvalue weighted by Gasteiger charge is -2.11. The minimum Gasteiger partial charge on any atom is -0.456 e. The van der Waals surface area contributed by atoms with Crippen molar-refractivity contribution < 1.29 is 4.42 Å². The van der Waals surface area contributed by atoms with Gasteiger partial charge in [-0.05, 0) is 52.6 Å². The lowest BCUT2D eigenvalue weighted by atomic mass is 10.0. The molecule has 0 amide bonds. The van der Waals surface area contributed by atoms with Gasteiger partial charge in [-0.15, -0.1) is 0 Å². The Morgan fingerprint density at radius 1 is 0.404 bits per heavy atom. The first kappa shape index (κ1) is 28.7. The number of benzene rings is 8. The fourth-order valence-electron chi connectivity index (χ4n) is 7.80. The molecule has 11 rings (SSSR count). The Kier molecular flexibility index (Phi) is 6.18. The van der Waals surface area contributed by atoms with Crippen LogP contribution in [-0.2, 0) is 0 Å². The molecule has 3 heterocycles. The molecule has 0 bridgehead atoms. The van der Waals surface area contributed by atoms with E-state index >= 15 is 0 Å². The molecule has 0 saturated carbocycles. The highest BCUT2D eigenvalue weighted by molar-refractivity contribution is 6.21. The summed E-state index contributed by atoms with van der Waals surface area (Å²) >= 11 is 0. The lowest BCUT2D eigenvalue weighted by molar-refractivity contribution is 0.669. The second kappa shape index (κ2) is 11.2. The van der Waals surface area contributed by atoms with Crippen molar-refractivity contribution in [2.24, 2.45) is 0 Å². The quantitative estimate of drug-likeness (QED) is 0.188. The van der Waals surface area contributed by atoms with Crippen molar-refractivity contribution in [1.82, 2.24) is 19.5 Å². The average molecular weight is 665 g/mol. The normalized spacial score (nSPS) is 11.8. The van der Waals surface area contributed by atoms with Gasteiger partial charge in [0.1, 0.15) is 11.2 Å². The van der Waals surface area contributed by atoms with E-state index < -0.39 is 0 Å². The first-order valence-corrected chi connectivity index (χ1v) is 17.4. The first-order valence-electron chi connectivity index (χ1n) is 17.4. The summed E-state index contributed by atoms with van der Waals surface area (Å²) in [7, 11) is 0. The van der Waals surface area contributed by atoms with Crippen LogP contribution in [-0.4, -0.2) is 19.5 Å². The largest absolute Gasteiger partial charge is 0.456 e. The minimum absolute atomic E-state index is 0.598. The number of fused-ring (bicyclic) bond motifs is 9. The summed E-state index contributed by atoms with van der Waals surface area (Å²) < 4.78 is 8.96. The van der Waals surface area contributed by atoms with Gasteiger partial charge in [0.05, 0.1) is 11.0 Å². The van der Waals surface area contributed by atoms with Crippen molar-refractivity contribution in [2.45, 2.75) is 0 Å². The van der Waals surface area contributed by atoms with Crippen LogP contribution in [0.15, 0.2) is 174 Å². The van der Waals surface area contributed by atoms with E-state index in [0.29, 0.717) is 17.5 Å². The first-order chi connectivity index (χ1) is 25.8.